The van der Waals surface area contributed by atoms with Crippen LogP contribution in [0.4, 0.5) is 0 Å². The molecule has 0 bridgehead atoms. The number of aromatic nitrogens is 1. The second kappa shape index (κ2) is 1.94. The molecule has 0 atom stereocenters. The first-order valence-corrected chi connectivity index (χ1v) is 3.40. The molecular formula is C7H9NO2. The van der Waals surface area contributed by atoms with Crippen molar-refractivity contribution < 1.29 is 9.47 Å². The molecule has 10 heavy (non-hydrogen) atoms. The Hall–Kier alpha value is -1.12. The topological polar surface area (TPSA) is 34.2 Å². The third-order valence-corrected chi connectivity index (χ3v) is 1.52. The molecule has 0 spiro atoms. The van der Waals surface area contributed by atoms with E-state index in [9.17, 15) is 0 Å². The summed E-state index contributed by atoms with van der Waals surface area (Å²) in [5.74, 6) is 1.65. The summed E-state index contributed by atoms with van der Waals surface area (Å²) in [5.41, 5.74) is 0. The van der Waals surface area contributed by atoms with E-state index in [1.54, 1.807) is 12.4 Å². The van der Waals surface area contributed by atoms with Crippen LogP contribution in [0.5, 0.6) is 11.5 Å². The van der Waals surface area contributed by atoms with Gasteiger partial charge in [-0.3, -0.25) is 0 Å². The quantitative estimate of drug-likeness (QED) is 0.640. The third-order valence-electron chi connectivity index (χ3n) is 1.52. The molecule has 2 rings (SSSR count). The molecule has 54 valence electrons. The molecule has 0 saturated heterocycles. The van der Waals surface area contributed by atoms with Gasteiger partial charge in [-0.15, -0.1) is 0 Å². The molecule has 3 nitrogen and oxygen atoms in total. The lowest BCUT2D eigenvalue weighted by atomic mass is 10.5. The van der Waals surface area contributed by atoms with Gasteiger partial charge in [0, 0.05) is 18.8 Å². The standard InChI is InChI=1S/C7H9NO2/c1-2-7-9-5-3-8-4-6(5)10-7/h3-4,7-8H,2H2,1H3. The molecule has 0 aromatic carbocycles. The number of rotatable bonds is 1. The maximum atomic E-state index is 5.34. The fourth-order valence-corrected chi connectivity index (χ4v) is 0.993. The number of aromatic amines is 1. The maximum absolute atomic E-state index is 5.34. The zero-order valence-electron chi connectivity index (χ0n) is 5.76. The minimum Gasteiger partial charge on any atom is -0.449 e. The predicted molar refractivity (Wildman–Crippen MR) is 36.1 cm³/mol. The van der Waals surface area contributed by atoms with E-state index in [0.717, 1.165) is 17.9 Å². The highest BCUT2D eigenvalue weighted by Crippen LogP contribution is 2.34. The van der Waals surface area contributed by atoms with Crippen molar-refractivity contribution >= 4 is 0 Å². The molecule has 0 aliphatic carbocycles. The van der Waals surface area contributed by atoms with Gasteiger partial charge in [0.2, 0.25) is 6.29 Å². The molecule has 0 unspecified atom stereocenters. The van der Waals surface area contributed by atoms with Crippen LogP contribution in [0.3, 0.4) is 0 Å². The van der Waals surface area contributed by atoms with E-state index in [1.807, 2.05) is 6.92 Å². The monoisotopic (exact) mass is 139 g/mol. The van der Waals surface area contributed by atoms with Gasteiger partial charge in [0.1, 0.15) is 0 Å². The van der Waals surface area contributed by atoms with Gasteiger partial charge in [0.15, 0.2) is 11.5 Å². The van der Waals surface area contributed by atoms with E-state index in [2.05, 4.69) is 4.98 Å². The van der Waals surface area contributed by atoms with Crippen LogP contribution in [0.15, 0.2) is 12.4 Å². The van der Waals surface area contributed by atoms with Crippen LogP contribution in [0.1, 0.15) is 13.3 Å². The van der Waals surface area contributed by atoms with E-state index in [1.165, 1.54) is 0 Å². The van der Waals surface area contributed by atoms with E-state index in [4.69, 9.17) is 9.47 Å². The normalized spacial score (nSPS) is 16.1. The fraction of sp³-hybridized carbons (Fsp3) is 0.429. The molecule has 0 fully saturated rings. The Morgan fingerprint density at radius 3 is 2.50 bits per heavy atom. The van der Waals surface area contributed by atoms with Gasteiger partial charge in [0.25, 0.3) is 0 Å². The Balaban J connectivity index is 2.21. The van der Waals surface area contributed by atoms with Crippen LogP contribution in [-0.2, 0) is 0 Å². The molecule has 1 aromatic heterocycles. The predicted octanol–water partition coefficient (Wildman–Crippen LogP) is 1.52. The lowest BCUT2D eigenvalue weighted by Crippen LogP contribution is -2.16. The van der Waals surface area contributed by atoms with Gasteiger partial charge >= 0.3 is 0 Å². The van der Waals surface area contributed by atoms with Crippen molar-refractivity contribution in [2.24, 2.45) is 0 Å². The number of hydrogen-bond donors (Lipinski definition) is 1. The van der Waals surface area contributed by atoms with Crippen molar-refractivity contribution in [2.75, 3.05) is 0 Å². The SMILES string of the molecule is CCC1Oc2c[nH]cc2O1. The van der Waals surface area contributed by atoms with Gasteiger partial charge in [0.05, 0.1) is 0 Å². The van der Waals surface area contributed by atoms with Crippen molar-refractivity contribution in [2.45, 2.75) is 19.6 Å². The zero-order chi connectivity index (χ0) is 6.97. The first-order chi connectivity index (χ1) is 4.90. The van der Waals surface area contributed by atoms with Crippen LogP contribution in [-0.4, -0.2) is 11.3 Å². The first-order valence-electron chi connectivity index (χ1n) is 3.40. The molecular weight excluding hydrogens is 130 g/mol. The summed E-state index contributed by atoms with van der Waals surface area (Å²) in [6.07, 6.45) is 4.41. The number of fused-ring (bicyclic) bond motifs is 1. The number of nitrogens with one attached hydrogen (secondary N) is 1. The highest BCUT2D eigenvalue weighted by atomic mass is 16.7. The lowest BCUT2D eigenvalue weighted by molar-refractivity contribution is 0.0453. The second-order valence-corrected chi connectivity index (χ2v) is 2.26. The molecule has 1 aromatic rings. The zero-order valence-corrected chi connectivity index (χ0v) is 5.76. The summed E-state index contributed by atoms with van der Waals surface area (Å²) in [4.78, 5) is 2.89. The van der Waals surface area contributed by atoms with Crippen molar-refractivity contribution in [3.63, 3.8) is 0 Å². The average Bonchev–Trinajstić information content (AvgIpc) is 2.42. The second-order valence-electron chi connectivity index (χ2n) is 2.26. The maximum Gasteiger partial charge on any atom is 0.241 e. The van der Waals surface area contributed by atoms with Gasteiger partial charge in [-0.1, -0.05) is 6.92 Å². The van der Waals surface area contributed by atoms with Crippen molar-refractivity contribution in [1.82, 2.24) is 4.98 Å². The van der Waals surface area contributed by atoms with E-state index in [-0.39, 0.29) is 6.29 Å². The minimum absolute atomic E-state index is 0.0698. The summed E-state index contributed by atoms with van der Waals surface area (Å²) in [7, 11) is 0. The van der Waals surface area contributed by atoms with Gasteiger partial charge in [-0.25, -0.2) is 0 Å². The average molecular weight is 139 g/mol. The lowest BCUT2D eigenvalue weighted by Gasteiger charge is -2.05. The Kier molecular flexibility index (Phi) is 1.09. The van der Waals surface area contributed by atoms with Crippen LogP contribution in [0.2, 0.25) is 0 Å². The summed E-state index contributed by atoms with van der Waals surface area (Å²) < 4.78 is 10.7. The van der Waals surface area contributed by atoms with Crippen molar-refractivity contribution in [3.05, 3.63) is 12.4 Å². The van der Waals surface area contributed by atoms with Crippen LogP contribution in [0, 0.1) is 0 Å². The Morgan fingerprint density at radius 1 is 1.40 bits per heavy atom. The molecule has 0 amide bonds. The number of H-pyrrole nitrogens is 1. The summed E-state index contributed by atoms with van der Waals surface area (Å²) in [6, 6.07) is 0. The Labute approximate surface area is 59.0 Å². The number of hydrogen-bond acceptors (Lipinski definition) is 2. The van der Waals surface area contributed by atoms with E-state index >= 15 is 0 Å². The minimum atomic E-state index is -0.0698. The highest BCUT2D eigenvalue weighted by molar-refractivity contribution is 5.39. The third kappa shape index (κ3) is 0.667. The molecule has 2 heterocycles. The van der Waals surface area contributed by atoms with Gasteiger partial charge in [-0.2, -0.15) is 0 Å². The van der Waals surface area contributed by atoms with Crippen molar-refractivity contribution in [1.29, 1.82) is 0 Å². The fourth-order valence-electron chi connectivity index (χ4n) is 0.993. The van der Waals surface area contributed by atoms with Crippen LogP contribution < -0.4 is 9.47 Å². The Morgan fingerprint density at radius 2 is 2.00 bits per heavy atom. The summed E-state index contributed by atoms with van der Waals surface area (Å²) >= 11 is 0. The van der Waals surface area contributed by atoms with Gasteiger partial charge in [-0.05, 0) is 0 Å². The Bertz CT molecular complexity index is 211. The summed E-state index contributed by atoms with van der Waals surface area (Å²) in [5, 5.41) is 0. The largest absolute Gasteiger partial charge is 0.449 e. The smallest absolute Gasteiger partial charge is 0.241 e. The molecule has 0 radical (unpaired) electrons. The van der Waals surface area contributed by atoms with E-state index < -0.39 is 0 Å². The molecule has 0 saturated carbocycles. The molecule has 1 N–H and O–H groups in total. The molecule has 1 aliphatic heterocycles. The molecule has 3 heteroatoms. The van der Waals surface area contributed by atoms with Crippen molar-refractivity contribution in [3.8, 4) is 11.5 Å². The van der Waals surface area contributed by atoms with Crippen LogP contribution in [0.25, 0.3) is 0 Å². The van der Waals surface area contributed by atoms with E-state index in [0.29, 0.717) is 0 Å². The summed E-state index contributed by atoms with van der Waals surface area (Å²) in [6.45, 7) is 2.03. The first kappa shape index (κ1) is 5.65. The number of ether oxygens (including phenoxy) is 2. The molecule has 1 aliphatic rings. The van der Waals surface area contributed by atoms with Crippen LogP contribution >= 0.6 is 0 Å². The van der Waals surface area contributed by atoms with Gasteiger partial charge < -0.3 is 14.5 Å². The highest BCUT2D eigenvalue weighted by Gasteiger charge is 2.22.